The summed E-state index contributed by atoms with van der Waals surface area (Å²) >= 11 is 0. The number of furan rings is 1. The van der Waals surface area contributed by atoms with E-state index in [4.69, 9.17) is 10.2 Å². The van der Waals surface area contributed by atoms with Crippen LogP contribution in [0.1, 0.15) is 31.6 Å². The molecule has 0 aliphatic carbocycles. The zero-order valence-electron chi connectivity index (χ0n) is 9.71. The predicted octanol–water partition coefficient (Wildman–Crippen LogP) is 2.77. The second kappa shape index (κ2) is 4.43. The Labute approximate surface area is 94.8 Å². The minimum absolute atomic E-state index is 0.575. The van der Waals surface area contributed by atoms with Gasteiger partial charge in [-0.15, -0.1) is 0 Å². The van der Waals surface area contributed by atoms with Crippen molar-refractivity contribution in [3.8, 4) is 11.5 Å². The molecule has 4 nitrogen and oxygen atoms in total. The fraction of sp³-hybridized carbons (Fsp3) is 0.417. The highest BCUT2D eigenvalue weighted by molar-refractivity contribution is 5.63. The standard InChI is InChI=1S/C12H17N3O/c1-3-5-9-11(14-15-12(9)13)10-7-6-8(4-2)16-10/h6-7H,3-5H2,1-2H3,(H3,13,14,15). The average Bonchev–Trinajstić information content (AvgIpc) is 2.87. The average molecular weight is 219 g/mol. The van der Waals surface area contributed by atoms with Gasteiger partial charge in [0.15, 0.2) is 5.76 Å². The van der Waals surface area contributed by atoms with Crippen molar-refractivity contribution in [2.24, 2.45) is 0 Å². The molecular weight excluding hydrogens is 202 g/mol. The predicted molar refractivity (Wildman–Crippen MR) is 64.1 cm³/mol. The Balaban J connectivity index is 2.39. The Morgan fingerprint density at radius 2 is 2.19 bits per heavy atom. The number of nitrogen functional groups attached to an aromatic ring is 1. The van der Waals surface area contributed by atoms with Crippen molar-refractivity contribution >= 4 is 5.82 Å². The highest BCUT2D eigenvalue weighted by Crippen LogP contribution is 2.28. The van der Waals surface area contributed by atoms with Gasteiger partial charge in [0, 0.05) is 12.0 Å². The third-order valence-electron chi connectivity index (χ3n) is 2.66. The quantitative estimate of drug-likeness (QED) is 0.830. The molecule has 0 aliphatic rings. The van der Waals surface area contributed by atoms with E-state index in [1.807, 2.05) is 12.1 Å². The van der Waals surface area contributed by atoms with E-state index in [2.05, 4.69) is 24.0 Å². The number of H-pyrrole nitrogens is 1. The van der Waals surface area contributed by atoms with Gasteiger partial charge in [-0.3, -0.25) is 5.10 Å². The Morgan fingerprint density at radius 1 is 1.38 bits per heavy atom. The molecule has 2 aromatic heterocycles. The van der Waals surface area contributed by atoms with Crippen LogP contribution in [0.15, 0.2) is 16.5 Å². The molecule has 2 heterocycles. The highest BCUT2D eigenvalue weighted by Gasteiger charge is 2.14. The first kappa shape index (κ1) is 10.8. The fourth-order valence-corrected chi connectivity index (χ4v) is 1.79. The zero-order chi connectivity index (χ0) is 11.5. The van der Waals surface area contributed by atoms with E-state index in [1.54, 1.807) is 0 Å². The molecule has 0 fully saturated rings. The van der Waals surface area contributed by atoms with Gasteiger partial charge in [0.1, 0.15) is 17.3 Å². The van der Waals surface area contributed by atoms with Gasteiger partial charge in [-0.2, -0.15) is 5.10 Å². The smallest absolute Gasteiger partial charge is 0.152 e. The minimum Gasteiger partial charge on any atom is -0.459 e. The molecule has 0 atom stereocenters. The summed E-state index contributed by atoms with van der Waals surface area (Å²) in [4.78, 5) is 0. The van der Waals surface area contributed by atoms with E-state index in [9.17, 15) is 0 Å². The van der Waals surface area contributed by atoms with Gasteiger partial charge in [-0.05, 0) is 18.6 Å². The molecule has 0 saturated carbocycles. The number of nitrogens with one attached hydrogen (secondary N) is 1. The molecule has 0 aliphatic heterocycles. The van der Waals surface area contributed by atoms with Crippen LogP contribution in [0.4, 0.5) is 5.82 Å². The molecule has 2 aromatic rings. The number of rotatable bonds is 4. The summed E-state index contributed by atoms with van der Waals surface area (Å²) in [6, 6.07) is 3.95. The first-order valence-electron chi connectivity index (χ1n) is 5.68. The van der Waals surface area contributed by atoms with E-state index in [0.29, 0.717) is 5.82 Å². The molecule has 0 radical (unpaired) electrons. The Hall–Kier alpha value is -1.71. The molecule has 0 amide bonds. The maximum atomic E-state index is 5.82. The van der Waals surface area contributed by atoms with Gasteiger partial charge >= 0.3 is 0 Å². The summed E-state index contributed by atoms with van der Waals surface area (Å²) in [6.07, 6.45) is 2.85. The van der Waals surface area contributed by atoms with E-state index < -0.39 is 0 Å². The second-order valence-corrected chi connectivity index (χ2v) is 3.83. The van der Waals surface area contributed by atoms with E-state index in [1.165, 1.54) is 0 Å². The largest absolute Gasteiger partial charge is 0.459 e. The van der Waals surface area contributed by atoms with Crippen LogP contribution in [0, 0.1) is 0 Å². The summed E-state index contributed by atoms with van der Waals surface area (Å²) in [7, 11) is 0. The third-order valence-corrected chi connectivity index (χ3v) is 2.66. The van der Waals surface area contributed by atoms with Gasteiger partial charge < -0.3 is 10.2 Å². The van der Waals surface area contributed by atoms with Crippen LogP contribution < -0.4 is 5.73 Å². The molecule has 3 N–H and O–H groups in total. The van der Waals surface area contributed by atoms with E-state index in [0.717, 1.165) is 42.0 Å². The number of nitrogens with two attached hydrogens (primary N) is 1. The zero-order valence-corrected chi connectivity index (χ0v) is 9.71. The minimum atomic E-state index is 0.575. The first-order chi connectivity index (χ1) is 7.76. The summed E-state index contributed by atoms with van der Waals surface area (Å²) < 4.78 is 5.69. The van der Waals surface area contributed by atoms with Crippen LogP contribution in [0.5, 0.6) is 0 Å². The Morgan fingerprint density at radius 3 is 2.81 bits per heavy atom. The lowest BCUT2D eigenvalue weighted by atomic mass is 10.1. The van der Waals surface area contributed by atoms with E-state index in [-0.39, 0.29) is 0 Å². The summed E-state index contributed by atoms with van der Waals surface area (Å²) in [5.41, 5.74) is 7.79. The van der Waals surface area contributed by atoms with Crippen molar-refractivity contribution in [3.63, 3.8) is 0 Å². The molecule has 0 spiro atoms. The summed E-state index contributed by atoms with van der Waals surface area (Å²) in [5.74, 6) is 2.38. The second-order valence-electron chi connectivity index (χ2n) is 3.83. The number of hydrogen-bond acceptors (Lipinski definition) is 3. The van der Waals surface area contributed by atoms with Gasteiger partial charge in [0.2, 0.25) is 0 Å². The lowest BCUT2D eigenvalue weighted by Crippen LogP contribution is -1.92. The SMILES string of the molecule is CCCc1c(N)n[nH]c1-c1ccc(CC)o1. The van der Waals surface area contributed by atoms with Crippen molar-refractivity contribution in [3.05, 3.63) is 23.5 Å². The molecular formula is C12H17N3O. The van der Waals surface area contributed by atoms with Crippen molar-refractivity contribution in [2.75, 3.05) is 5.73 Å². The molecule has 0 unspecified atom stereocenters. The highest BCUT2D eigenvalue weighted by atomic mass is 16.3. The maximum absolute atomic E-state index is 5.82. The molecule has 0 saturated heterocycles. The lowest BCUT2D eigenvalue weighted by Gasteiger charge is -1.99. The monoisotopic (exact) mass is 219 g/mol. The van der Waals surface area contributed by atoms with Crippen molar-refractivity contribution in [2.45, 2.75) is 33.1 Å². The molecule has 16 heavy (non-hydrogen) atoms. The molecule has 4 heteroatoms. The number of nitrogens with zero attached hydrogens (tertiary/aromatic N) is 1. The normalized spacial score (nSPS) is 10.9. The number of anilines is 1. The Bertz CT molecular complexity index is 470. The lowest BCUT2D eigenvalue weighted by molar-refractivity contribution is 0.527. The Kier molecular flexibility index (Phi) is 2.99. The van der Waals surface area contributed by atoms with Crippen molar-refractivity contribution < 1.29 is 4.42 Å². The van der Waals surface area contributed by atoms with Crippen LogP contribution in [-0.2, 0) is 12.8 Å². The van der Waals surface area contributed by atoms with E-state index >= 15 is 0 Å². The van der Waals surface area contributed by atoms with Crippen LogP contribution in [-0.4, -0.2) is 10.2 Å². The van der Waals surface area contributed by atoms with Crippen molar-refractivity contribution in [1.29, 1.82) is 0 Å². The number of aromatic nitrogens is 2. The maximum Gasteiger partial charge on any atom is 0.152 e. The molecule has 0 bridgehead atoms. The molecule has 86 valence electrons. The van der Waals surface area contributed by atoms with Crippen molar-refractivity contribution in [1.82, 2.24) is 10.2 Å². The fourth-order valence-electron chi connectivity index (χ4n) is 1.79. The van der Waals surface area contributed by atoms with Gasteiger partial charge in [0.25, 0.3) is 0 Å². The third kappa shape index (κ3) is 1.83. The van der Waals surface area contributed by atoms with Gasteiger partial charge in [-0.1, -0.05) is 20.3 Å². The summed E-state index contributed by atoms with van der Waals surface area (Å²) in [5, 5.41) is 6.98. The van der Waals surface area contributed by atoms with Crippen LogP contribution >= 0.6 is 0 Å². The molecule has 0 aromatic carbocycles. The topological polar surface area (TPSA) is 67.8 Å². The van der Waals surface area contributed by atoms with Gasteiger partial charge in [-0.25, -0.2) is 0 Å². The van der Waals surface area contributed by atoms with Crippen LogP contribution in [0.2, 0.25) is 0 Å². The van der Waals surface area contributed by atoms with Crippen LogP contribution in [0.25, 0.3) is 11.5 Å². The molecule has 2 rings (SSSR count). The number of aryl methyl sites for hydroxylation is 1. The first-order valence-corrected chi connectivity index (χ1v) is 5.68. The van der Waals surface area contributed by atoms with Gasteiger partial charge in [0.05, 0.1) is 0 Å². The van der Waals surface area contributed by atoms with Crippen LogP contribution in [0.3, 0.4) is 0 Å². The summed E-state index contributed by atoms with van der Waals surface area (Å²) in [6.45, 7) is 4.19. The number of hydrogen-bond donors (Lipinski definition) is 2. The number of aromatic amines is 1.